The zero-order valence-electron chi connectivity index (χ0n) is 25.8. The van der Waals surface area contributed by atoms with E-state index >= 15 is 0 Å². The second kappa shape index (κ2) is 15.6. The summed E-state index contributed by atoms with van der Waals surface area (Å²) in [4.78, 5) is 17.8. The Hall–Kier alpha value is -3.64. The quantitative estimate of drug-likeness (QED) is 0.255. The summed E-state index contributed by atoms with van der Waals surface area (Å²) in [5, 5.41) is 12.7. The van der Waals surface area contributed by atoms with Crippen LogP contribution in [0.3, 0.4) is 0 Å². The second-order valence-corrected chi connectivity index (χ2v) is 13.6. The third-order valence-electron chi connectivity index (χ3n) is 8.27. The number of benzene rings is 3. The number of rotatable bonds is 14. The van der Waals surface area contributed by atoms with Crippen molar-refractivity contribution in [1.29, 1.82) is 0 Å². The van der Waals surface area contributed by atoms with Crippen molar-refractivity contribution in [2.75, 3.05) is 69.8 Å². The molecule has 3 aromatic carbocycles. The first-order chi connectivity index (χ1) is 21.8. The number of aliphatic hydroxyl groups excluding tert-OH is 1. The Morgan fingerprint density at radius 2 is 1.67 bits per heavy atom. The first-order valence-corrected chi connectivity index (χ1v) is 17.3. The van der Waals surface area contributed by atoms with Gasteiger partial charge >= 0.3 is 0 Å². The summed E-state index contributed by atoms with van der Waals surface area (Å²) < 4.78 is 41.7. The van der Waals surface area contributed by atoms with E-state index in [9.17, 15) is 18.3 Å². The highest BCUT2D eigenvalue weighted by Crippen LogP contribution is 2.26. The minimum atomic E-state index is -3.32. The summed E-state index contributed by atoms with van der Waals surface area (Å²) in [5.41, 5.74) is 2.10. The van der Waals surface area contributed by atoms with Gasteiger partial charge in [-0.25, -0.2) is 8.42 Å². The summed E-state index contributed by atoms with van der Waals surface area (Å²) in [7, 11) is -3.32. The number of amides is 1. The Balaban J connectivity index is 1.07. The maximum Gasteiger partial charge on any atom is 0.251 e. The average molecular weight is 638 g/mol. The lowest BCUT2D eigenvalue weighted by Crippen LogP contribution is -2.37. The first-order valence-electron chi connectivity index (χ1n) is 15.6. The molecule has 0 unspecified atom stereocenters. The molecule has 0 bridgehead atoms. The van der Waals surface area contributed by atoms with E-state index < -0.39 is 15.9 Å². The zero-order chi connectivity index (χ0) is 31.6. The van der Waals surface area contributed by atoms with Gasteiger partial charge in [0.2, 0.25) is 0 Å². The van der Waals surface area contributed by atoms with Gasteiger partial charge in [-0.1, -0.05) is 19.1 Å². The number of anilines is 1. The van der Waals surface area contributed by atoms with Gasteiger partial charge in [-0.15, -0.1) is 0 Å². The van der Waals surface area contributed by atoms with Crippen molar-refractivity contribution in [3.05, 3.63) is 83.9 Å². The maximum absolute atomic E-state index is 12.9. The van der Waals surface area contributed by atoms with Crippen LogP contribution in [0, 0.1) is 0 Å². The van der Waals surface area contributed by atoms with Gasteiger partial charge in [-0.2, -0.15) is 0 Å². The molecule has 2 fully saturated rings. The number of carbonyl (C=O) groups is 1. The van der Waals surface area contributed by atoms with Gasteiger partial charge < -0.3 is 29.5 Å². The Bertz CT molecular complexity index is 1480. The van der Waals surface area contributed by atoms with Gasteiger partial charge in [-0.05, 0) is 72.6 Å². The predicted octanol–water partition coefficient (Wildman–Crippen LogP) is 3.70. The summed E-state index contributed by atoms with van der Waals surface area (Å²) in [6.07, 6.45) is 1.92. The number of hydrogen-bond donors (Lipinski definition) is 2. The lowest BCUT2D eigenvalue weighted by molar-refractivity contribution is 0.0358. The molecule has 2 atom stereocenters. The van der Waals surface area contributed by atoms with E-state index in [1.165, 1.54) is 12.1 Å². The second-order valence-electron chi connectivity index (χ2n) is 11.3. The number of sulfone groups is 1. The molecular weight excluding hydrogens is 594 g/mol. The molecular formula is C34H43N3O7S. The molecule has 2 aliphatic rings. The molecule has 2 aliphatic heterocycles. The highest BCUT2D eigenvalue weighted by atomic mass is 32.2. The van der Waals surface area contributed by atoms with E-state index in [0.29, 0.717) is 17.7 Å². The van der Waals surface area contributed by atoms with E-state index in [0.717, 1.165) is 76.0 Å². The van der Waals surface area contributed by atoms with Crippen molar-refractivity contribution in [2.24, 2.45) is 0 Å². The molecule has 2 saturated heterocycles. The molecule has 1 amide bonds. The van der Waals surface area contributed by atoms with Crippen LogP contribution in [0.2, 0.25) is 0 Å². The number of nitrogens with one attached hydrogen (secondary N) is 1. The van der Waals surface area contributed by atoms with Crippen LogP contribution in [0.15, 0.2) is 77.7 Å². The van der Waals surface area contributed by atoms with E-state index in [1.807, 2.05) is 36.4 Å². The van der Waals surface area contributed by atoms with Crippen molar-refractivity contribution in [1.82, 2.24) is 10.2 Å². The fourth-order valence-electron chi connectivity index (χ4n) is 5.54. The molecule has 5 rings (SSSR count). The summed E-state index contributed by atoms with van der Waals surface area (Å²) in [6.45, 7) is 8.17. The molecule has 2 N–H and O–H groups in total. The number of aliphatic hydroxyl groups is 1. The van der Waals surface area contributed by atoms with Gasteiger partial charge in [0.25, 0.3) is 5.91 Å². The SMILES string of the molecule is CCS(=O)(=O)c1ccc([C@H](CO)NC(=O)c2ccc(N3CC[C@@H](Oc4ccc(OCCCN5CCOCC5)cc4)C3)cc2)cc1. The number of ether oxygens (including phenoxy) is 3. The van der Waals surface area contributed by atoms with Crippen LogP contribution in [-0.4, -0.2) is 95.3 Å². The zero-order valence-corrected chi connectivity index (χ0v) is 26.6. The van der Waals surface area contributed by atoms with E-state index in [2.05, 4.69) is 15.1 Å². The lowest BCUT2D eigenvalue weighted by Gasteiger charge is -2.26. The molecule has 0 aromatic heterocycles. The molecule has 10 nitrogen and oxygen atoms in total. The molecule has 11 heteroatoms. The minimum absolute atomic E-state index is 0.00803. The smallest absolute Gasteiger partial charge is 0.251 e. The Labute approximate surface area is 265 Å². The Morgan fingerprint density at radius 1 is 0.978 bits per heavy atom. The molecule has 242 valence electrons. The third-order valence-corrected chi connectivity index (χ3v) is 10.0. The monoisotopic (exact) mass is 637 g/mol. The number of carbonyl (C=O) groups excluding carboxylic acids is 1. The van der Waals surface area contributed by atoms with Gasteiger partial charge in [-0.3, -0.25) is 9.69 Å². The maximum atomic E-state index is 12.9. The predicted molar refractivity (Wildman–Crippen MR) is 173 cm³/mol. The Kier molecular flexibility index (Phi) is 11.3. The molecule has 3 aromatic rings. The standard InChI is InChI=1S/C34H43N3O7S/c1-2-45(40,41)32-14-6-26(7-15-32)33(25-38)35-34(39)27-4-8-28(9-5-27)37-18-16-31(24-37)44-30-12-10-29(11-13-30)43-21-3-17-36-19-22-42-23-20-36/h4-15,31,33,38H,2-3,16-25H2,1H3,(H,35,39)/t31-,33+/m1/s1. The number of hydrogen-bond acceptors (Lipinski definition) is 9. The topological polar surface area (TPSA) is 118 Å². The van der Waals surface area contributed by atoms with Gasteiger partial charge in [0.1, 0.15) is 17.6 Å². The summed E-state index contributed by atoms with van der Waals surface area (Å²) >= 11 is 0. The third kappa shape index (κ3) is 8.97. The van der Waals surface area contributed by atoms with Crippen LogP contribution in [-0.2, 0) is 14.6 Å². The molecule has 0 saturated carbocycles. The number of nitrogens with zero attached hydrogens (tertiary/aromatic N) is 2. The van der Waals surface area contributed by atoms with Crippen molar-refractivity contribution in [3.63, 3.8) is 0 Å². The van der Waals surface area contributed by atoms with Crippen LogP contribution < -0.4 is 19.7 Å². The first kappa shape index (κ1) is 32.7. The van der Waals surface area contributed by atoms with Crippen molar-refractivity contribution < 1.29 is 32.5 Å². The normalized spacial score (nSPS) is 18.0. The van der Waals surface area contributed by atoms with Crippen molar-refractivity contribution in [3.8, 4) is 11.5 Å². The summed E-state index contributed by atoms with van der Waals surface area (Å²) in [5.74, 6) is 1.34. The molecule has 2 heterocycles. The van der Waals surface area contributed by atoms with Crippen LogP contribution in [0.25, 0.3) is 0 Å². The highest BCUT2D eigenvalue weighted by molar-refractivity contribution is 7.91. The average Bonchev–Trinajstić information content (AvgIpc) is 3.55. The van der Waals surface area contributed by atoms with E-state index in [-0.39, 0.29) is 29.3 Å². The van der Waals surface area contributed by atoms with Crippen molar-refractivity contribution >= 4 is 21.4 Å². The van der Waals surface area contributed by atoms with Gasteiger partial charge in [0, 0.05) is 43.9 Å². The van der Waals surface area contributed by atoms with Crippen molar-refractivity contribution in [2.45, 2.75) is 36.8 Å². The largest absolute Gasteiger partial charge is 0.494 e. The van der Waals surface area contributed by atoms with E-state index in [4.69, 9.17) is 14.2 Å². The highest BCUT2D eigenvalue weighted by Gasteiger charge is 2.25. The van der Waals surface area contributed by atoms with Crippen LogP contribution >= 0.6 is 0 Å². The molecule has 0 spiro atoms. The molecule has 45 heavy (non-hydrogen) atoms. The van der Waals surface area contributed by atoms with E-state index in [1.54, 1.807) is 31.2 Å². The van der Waals surface area contributed by atoms with Crippen LogP contribution in [0.1, 0.15) is 41.7 Å². The van der Waals surface area contributed by atoms with Crippen LogP contribution in [0.4, 0.5) is 5.69 Å². The summed E-state index contributed by atoms with van der Waals surface area (Å²) in [6, 6.07) is 20.8. The Morgan fingerprint density at radius 3 is 2.33 bits per heavy atom. The van der Waals surface area contributed by atoms with Gasteiger partial charge in [0.15, 0.2) is 9.84 Å². The fraction of sp³-hybridized carbons (Fsp3) is 0.441. The number of morpholine rings is 1. The minimum Gasteiger partial charge on any atom is -0.494 e. The molecule has 0 radical (unpaired) electrons. The lowest BCUT2D eigenvalue weighted by atomic mass is 10.1. The molecule has 0 aliphatic carbocycles. The van der Waals surface area contributed by atoms with Crippen LogP contribution in [0.5, 0.6) is 11.5 Å². The fourth-order valence-corrected chi connectivity index (χ4v) is 6.43. The van der Waals surface area contributed by atoms with Gasteiger partial charge in [0.05, 0.1) is 49.7 Å².